The van der Waals surface area contributed by atoms with Crippen molar-refractivity contribution in [1.29, 1.82) is 0 Å². The van der Waals surface area contributed by atoms with Gasteiger partial charge in [0.1, 0.15) is 0 Å². The van der Waals surface area contributed by atoms with E-state index in [-0.39, 0.29) is 12.5 Å². The average Bonchev–Trinajstić information content (AvgIpc) is 2.69. The first-order chi connectivity index (χ1) is 9.58. The Morgan fingerprint density at radius 2 is 2.00 bits per heavy atom. The number of hydrogen-bond donors (Lipinski definition) is 2. The number of rotatable bonds is 3. The van der Waals surface area contributed by atoms with E-state index in [0.717, 1.165) is 4.90 Å². The molecule has 0 aliphatic carbocycles. The predicted octanol–water partition coefficient (Wildman–Crippen LogP) is 1.76. The van der Waals surface area contributed by atoms with Gasteiger partial charge in [0.15, 0.2) is 0 Å². The molecule has 4 nitrogen and oxygen atoms in total. The Balaban J connectivity index is 2.05. The molecule has 1 heterocycles. The largest absolute Gasteiger partial charge is 0.393 e. The molecule has 1 aromatic carbocycles. The molecule has 1 unspecified atom stereocenters. The number of carbonyl (C=O) groups is 1. The standard InChI is InChI=1S/C15H21NO3S/c1-20-13-5-3-12(4-6-13)14(18)16-9-2-7-15(19,11-17)8-10-16/h3-6,17,19H,2,7-11H2,1H3. The fraction of sp³-hybridized carbons (Fsp3) is 0.533. The van der Waals surface area contributed by atoms with Crippen molar-refractivity contribution in [3.8, 4) is 0 Å². The zero-order valence-electron chi connectivity index (χ0n) is 11.7. The molecular weight excluding hydrogens is 274 g/mol. The zero-order chi connectivity index (χ0) is 14.6. The van der Waals surface area contributed by atoms with Gasteiger partial charge in [-0.15, -0.1) is 11.8 Å². The van der Waals surface area contributed by atoms with Crippen molar-refractivity contribution in [1.82, 2.24) is 4.90 Å². The van der Waals surface area contributed by atoms with E-state index in [1.807, 2.05) is 30.5 Å². The molecule has 1 saturated heterocycles. The van der Waals surface area contributed by atoms with Crippen LogP contribution in [-0.2, 0) is 0 Å². The lowest BCUT2D eigenvalue weighted by Crippen LogP contribution is -2.36. The first-order valence-electron chi connectivity index (χ1n) is 6.84. The number of benzene rings is 1. The van der Waals surface area contributed by atoms with Crippen LogP contribution in [0.4, 0.5) is 0 Å². The Kier molecular flexibility index (Phi) is 5.07. The maximum Gasteiger partial charge on any atom is 0.253 e. The third-order valence-corrected chi connectivity index (χ3v) is 4.58. The van der Waals surface area contributed by atoms with Crippen molar-refractivity contribution >= 4 is 17.7 Å². The molecule has 110 valence electrons. The maximum atomic E-state index is 12.4. The van der Waals surface area contributed by atoms with Crippen LogP contribution < -0.4 is 0 Å². The monoisotopic (exact) mass is 295 g/mol. The molecule has 2 rings (SSSR count). The van der Waals surface area contributed by atoms with Crippen LogP contribution in [0.1, 0.15) is 29.6 Å². The number of likely N-dealkylation sites (tertiary alicyclic amines) is 1. The number of aliphatic hydroxyl groups is 2. The molecular formula is C15H21NO3S. The van der Waals surface area contributed by atoms with Crippen LogP contribution in [0, 0.1) is 0 Å². The number of aliphatic hydroxyl groups excluding tert-OH is 1. The Labute approximate surface area is 123 Å². The summed E-state index contributed by atoms with van der Waals surface area (Å²) >= 11 is 1.65. The molecule has 20 heavy (non-hydrogen) atoms. The molecule has 0 bridgehead atoms. The number of nitrogens with zero attached hydrogens (tertiary/aromatic N) is 1. The Hall–Kier alpha value is -1.04. The molecule has 5 heteroatoms. The third-order valence-electron chi connectivity index (χ3n) is 3.84. The van der Waals surface area contributed by atoms with Crippen LogP contribution in [-0.4, -0.2) is 52.6 Å². The van der Waals surface area contributed by atoms with Crippen LogP contribution in [0.25, 0.3) is 0 Å². The number of hydrogen-bond acceptors (Lipinski definition) is 4. The van der Waals surface area contributed by atoms with Crippen molar-refractivity contribution in [2.75, 3.05) is 26.0 Å². The van der Waals surface area contributed by atoms with Crippen LogP contribution in [0.5, 0.6) is 0 Å². The first kappa shape index (κ1) is 15.4. The lowest BCUT2D eigenvalue weighted by Gasteiger charge is -2.24. The molecule has 1 fully saturated rings. The highest BCUT2D eigenvalue weighted by Crippen LogP contribution is 2.23. The third kappa shape index (κ3) is 3.53. The van der Waals surface area contributed by atoms with Gasteiger partial charge in [-0.1, -0.05) is 0 Å². The smallest absolute Gasteiger partial charge is 0.253 e. The van der Waals surface area contributed by atoms with Gasteiger partial charge in [-0.3, -0.25) is 4.79 Å². The van der Waals surface area contributed by atoms with Crippen molar-refractivity contribution in [3.05, 3.63) is 29.8 Å². The van der Waals surface area contributed by atoms with Crippen molar-refractivity contribution in [2.24, 2.45) is 0 Å². The van der Waals surface area contributed by atoms with Gasteiger partial charge in [0.2, 0.25) is 0 Å². The van der Waals surface area contributed by atoms with Crippen molar-refractivity contribution in [3.63, 3.8) is 0 Å². The van der Waals surface area contributed by atoms with Gasteiger partial charge >= 0.3 is 0 Å². The Morgan fingerprint density at radius 3 is 2.60 bits per heavy atom. The normalized spacial score (nSPS) is 23.4. The van der Waals surface area contributed by atoms with E-state index in [1.54, 1.807) is 16.7 Å². The second-order valence-electron chi connectivity index (χ2n) is 5.26. The molecule has 0 saturated carbocycles. The highest BCUT2D eigenvalue weighted by Gasteiger charge is 2.30. The highest BCUT2D eigenvalue weighted by atomic mass is 32.2. The fourth-order valence-electron chi connectivity index (χ4n) is 2.46. The fourth-order valence-corrected chi connectivity index (χ4v) is 2.86. The van der Waals surface area contributed by atoms with E-state index < -0.39 is 5.60 Å². The summed E-state index contributed by atoms with van der Waals surface area (Å²) in [6.07, 6.45) is 3.68. The average molecular weight is 295 g/mol. The Bertz CT molecular complexity index is 463. The SMILES string of the molecule is CSc1ccc(C(=O)N2CCCC(O)(CO)CC2)cc1. The van der Waals surface area contributed by atoms with E-state index in [0.29, 0.717) is 37.9 Å². The van der Waals surface area contributed by atoms with Gasteiger partial charge in [0, 0.05) is 23.5 Å². The lowest BCUT2D eigenvalue weighted by molar-refractivity contribution is -0.0250. The van der Waals surface area contributed by atoms with E-state index in [9.17, 15) is 15.0 Å². The Morgan fingerprint density at radius 1 is 1.30 bits per heavy atom. The topological polar surface area (TPSA) is 60.8 Å². The molecule has 0 spiro atoms. The summed E-state index contributed by atoms with van der Waals surface area (Å²) in [6.45, 7) is 0.878. The minimum Gasteiger partial charge on any atom is -0.393 e. The van der Waals surface area contributed by atoms with Gasteiger partial charge in [-0.2, -0.15) is 0 Å². The molecule has 0 aromatic heterocycles. The number of amides is 1. The molecule has 1 amide bonds. The van der Waals surface area contributed by atoms with Crippen molar-refractivity contribution in [2.45, 2.75) is 29.8 Å². The molecule has 1 atom stereocenters. The quantitative estimate of drug-likeness (QED) is 0.834. The molecule has 1 aliphatic heterocycles. The van der Waals surface area contributed by atoms with Crippen LogP contribution >= 0.6 is 11.8 Å². The summed E-state index contributed by atoms with van der Waals surface area (Å²) in [6, 6.07) is 7.58. The van der Waals surface area contributed by atoms with Crippen LogP contribution in [0.2, 0.25) is 0 Å². The van der Waals surface area contributed by atoms with E-state index in [2.05, 4.69) is 0 Å². The van der Waals surface area contributed by atoms with Gasteiger partial charge in [0.05, 0.1) is 12.2 Å². The van der Waals surface area contributed by atoms with E-state index in [4.69, 9.17) is 0 Å². The summed E-state index contributed by atoms with van der Waals surface area (Å²) in [5.74, 6) is -0.000146. The van der Waals surface area contributed by atoms with E-state index >= 15 is 0 Å². The number of thioether (sulfide) groups is 1. The molecule has 2 N–H and O–H groups in total. The number of carbonyl (C=O) groups excluding carboxylic acids is 1. The van der Waals surface area contributed by atoms with Gasteiger partial charge in [0.25, 0.3) is 5.91 Å². The summed E-state index contributed by atoms with van der Waals surface area (Å²) < 4.78 is 0. The van der Waals surface area contributed by atoms with Gasteiger partial charge in [-0.25, -0.2) is 0 Å². The molecule has 0 radical (unpaired) electrons. The zero-order valence-corrected chi connectivity index (χ0v) is 12.5. The predicted molar refractivity (Wildman–Crippen MR) is 80.0 cm³/mol. The summed E-state index contributed by atoms with van der Waals surface area (Å²) in [5, 5.41) is 19.3. The second kappa shape index (κ2) is 6.61. The van der Waals surface area contributed by atoms with Gasteiger partial charge < -0.3 is 15.1 Å². The van der Waals surface area contributed by atoms with Crippen LogP contribution in [0.3, 0.4) is 0 Å². The second-order valence-corrected chi connectivity index (χ2v) is 6.14. The summed E-state index contributed by atoms with van der Waals surface area (Å²) in [5.41, 5.74) is -0.352. The summed E-state index contributed by atoms with van der Waals surface area (Å²) in [7, 11) is 0. The van der Waals surface area contributed by atoms with Crippen LogP contribution in [0.15, 0.2) is 29.2 Å². The highest BCUT2D eigenvalue weighted by molar-refractivity contribution is 7.98. The van der Waals surface area contributed by atoms with Gasteiger partial charge in [-0.05, 0) is 49.8 Å². The summed E-state index contributed by atoms with van der Waals surface area (Å²) in [4.78, 5) is 15.3. The minimum absolute atomic E-state index is 0.000146. The molecule has 1 aliphatic rings. The lowest BCUT2D eigenvalue weighted by atomic mass is 9.96. The molecule has 1 aromatic rings. The minimum atomic E-state index is -1.03. The maximum absolute atomic E-state index is 12.4. The van der Waals surface area contributed by atoms with Crippen molar-refractivity contribution < 1.29 is 15.0 Å². The first-order valence-corrected chi connectivity index (χ1v) is 8.07. The van der Waals surface area contributed by atoms with E-state index in [1.165, 1.54) is 0 Å².